The Labute approximate surface area is 289 Å². The highest BCUT2D eigenvalue weighted by atomic mass is 35.5. The third kappa shape index (κ3) is 6.76. The molecule has 5 heterocycles. The van der Waals surface area contributed by atoms with Crippen LogP contribution < -0.4 is 11.1 Å². The van der Waals surface area contributed by atoms with Gasteiger partial charge in [0.1, 0.15) is 0 Å². The largest absolute Gasteiger partial charge is 0.397 e. The van der Waals surface area contributed by atoms with E-state index >= 15 is 0 Å². The second-order valence-corrected chi connectivity index (χ2v) is 15.2. The number of rotatable bonds is 7. The van der Waals surface area contributed by atoms with Crippen LogP contribution in [0.1, 0.15) is 61.6 Å². The molecule has 3 atom stereocenters. The lowest BCUT2D eigenvalue weighted by atomic mass is 9.91. The Bertz CT molecular complexity index is 1500. The second-order valence-electron chi connectivity index (χ2n) is 14.8. The number of carbonyl (C=O) groups is 3. The number of nitrogens with one attached hydrogen (secondary N) is 1. The van der Waals surface area contributed by atoms with E-state index in [1.165, 1.54) is 25.7 Å². The Balaban J connectivity index is 0.987. The van der Waals surface area contributed by atoms with Gasteiger partial charge in [0.15, 0.2) is 0 Å². The number of nitrogens with two attached hydrogens (primary N) is 1. The van der Waals surface area contributed by atoms with E-state index in [0.717, 1.165) is 35.5 Å². The number of carbonyl (C=O) groups excluding carboxylic acids is 3. The van der Waals surface area contributed by atoms with Crippen molar-refractivity contribution in [1.29, 1.82) is 0 Å². The van der Waals surface area contributed by atoms with Gasteiger partial charge in [-0.05, 0) is 87.7 Å². The zero-order valence-electron chi connectivity index (χ0n) is 28.4. The van der Waals surface area contributed by atoms with Crippen LogP contribution in [0.3, 0.4) is 0 Å². The highest BCUT2D eigenvalue weighted by molar-refractivity contribution is 6.33. The van der Waals surface area contributed by atoms with E-state index in [2.05, 4.69) is 22.2 Å². The smallest absolute Gasteiger partial charge is 0.322 e. The van der Waals surface area contributed by atoms with Crippen molar-refractivity contribution < 1.29 is 14.4 Å². The number of nitrogen functional groups attached to an aromatic ring is 1. The van der Waals surface area contributed by atoms with Gasteiger partial charge in [-0.25, -0.2) is 4.79 Å². The van der Waals surface area contributed by atoms with E-state index in [9.17, 15) is 14.4 Å². The molecule has 0 radical (unpaired) electrons. The molecule has 2 aromatic rings. The molecule has 4 amide bonds. The minimum atomic E-state index is -0.482. The number of aryl methyl sites for hydroxylation is 1. The Morgan fingerprint density at radius 2 is 1.60 bits per heavy atom. The summed E-state index contributed by atoms with van der Waals surface area (Å²) in [5.41, 5.74) is 10.5. The number of halogens is 1. The number of piperazine rings is 1. The number of nitrogens with zero attached hydrogens (tertiary/aromatic N) is 5. The second kappa shape index (κ2) is 13.9. The Hall–Kier alpha value is -3.34. The molecule has 4 fully saturated rings. The number of benzene rings is 2. The van der Waals surface area contributed by atoms with Gasteiger partial charge in [-0.2, -0.15) is 0 Å². The standard InChI is InChI=1S/C37H50ClN7O3/c1-24-17-25(19-32(38)35(24)39)18-27(36(47)44-15-13-42(14-16-44)31-21-29-7-8-30(22-31)41(29)2)20-34(46)43-11-9-28(10-12-43)45-23-26-5-3-4-6-33(26)40-37(45)48/h3-6,17,19,27-31H,7-16,18,20-23,39H2,1-2H3,(H,40,48)/t27-,29?,30?,31?/m0/s1. The van der Waals surface area contributed by atoms with Gasteiger partial charge >= 0.3 is 6.03 Å². The van der Waals surface area contributed by atoms with Crippen LogP contribution in [0.15, 0.2) is 36.4 Å². The zero-order chi connectivity index (χ0) is 33.5. The van der Waals surface area contributed by atoms with Crippen LogP contribution in [0.25, 0.3) is 0 Å². The van der Waals surface area contributed by atoms with Gasteiger partial charge in [-0.1, -0.05) is 35.9 Å². The van der Waals surface area contributed by atoms with Crippen LogP contribution in [-0.4, -0.2) is 113 Å². The maximum atomic E-state index is 14.2. The third-order valence-corrected chi connectivity index (χ3v) is 12.3. The van der Waals surface area contributed by atoms with Crippen LogP contribution >= 0.6 is 11.6 Å². The summed E-state index contributed by atoms with van der Waals surface area (Å²) >= 11 is 6.46. The molecule has 5 aliphatic rings. The molecule has 0 aromatic heterocycles. The number of fused-ring (bicyclic) bond motifs is 3. The van der Waals surface area contributed by atoms with Crippen LogP contribution in [-0.2, 0) is 22.6 Å². The number of likely N-dealkylation sites (tertiary alicyclic amines) is 1. The van der Waals surface area contributed by atoms with Gasteiger partial charge in [-0.3, -0.25) is 14.5 Å². The third-order valence-electron chi connectivity index (χ3n) is 12.0. The highest BCUT2D eigenvalue weighted by Crippen LogP contribution is 2.37. The quantitative estimate of drug-likeness (QED) is 0.416. The summed E-state index contributed by atoms with van der Waals surface area (Å²) in [7, 11) is 2.28. The minimum absolute atomic E-state index is 0.000980. The molecule has 10 nitrogen and oxygen atoms in total. The number of piperidine rings is 2. The average molecular weight is 676 g/mol. The average Bonchev–Trinajstić information content (AvgIpc) is 3.28. The molecule has 0 spiro atoms. The first-order valence-electron chi connectivity index (χ1n) is 17.9. The van der Waals surface area contributed by atoms with Crippen molar-refractivity contribution in [2.24, 2.45) is 5.92 Å². The van der Waals surface area contributed by atoms with E-state index < -0.39 is 5.92 Å². The number of hydrogen-bond donors (Lipinski definition) is 2. The fourth-order valence-corrected chi connectivity index (χ4v) is 9.30. The Morgan fingerprint density at radius 1 is 0.917 bits per heavy atom. The Morgan fingerprint density at radius 3 is 2.29 bits per heavy atom. The van der Waals surface area contributed by atoms with E-state index in [4.69, 9.17) is 17.3 Å². The normalized spacial score (nSPS) is 25.9. The summed E-state index contributed by atoms with van der Waals surface area (Å²) in [4.78, 5) is 51.9. The van der Waals surface area contributed by atoms with E-state index in [1.54, 1.807) is 0 Å². The summed E-state index contributed by atoms with van der Waals surface area (Å²) in [5, 5.41) is 3.50. The molecular weight excluding hydrogens is 626 g/mol. The van der Waals surface area contributed by atoms with Crippen molar-refractivity contribution in [2.45, 2.75) is 89.0 Å². The zero-order valence-corrected chi connectivity index (χ0v) is 29.1. The topological polar surface area (TPSA) is 105 Å². The van der Waals surface area contributed by atoms with Crippen molar-refractivity contribution in [1.82, 2.24) is 24.5 Å². The molecule has 11 heteroatoms. The molecule has 48 heavy (non-hydrogen) atoms. The van der Waals surface area contributed by atoms with Crippen LogP contribution in [0.2, 0.25) is 5.02 Å². The van der Waals surface area contributed by atoms with Crippen molar-refractivity contribution in [2.75, 3.05) is 57.4 Å². The van der Waals surface area contributed by atoms with Gasteiger partial charge in [0.25, 0.3) is 0 Å². The molecule has 0 aliphatic carbocycles. The molecule has 3 N–H and O–H groups in total. The van der Waals surface area contributed by atoms with Gasteiger partial charge in [0, 0.05) is 82.1 Å². The summed E-state index contributed by atoms with van der Waals surface area (Å²) in [5.74, 6) is -0.432. The van der Waals surface area contributed by atoms with E-state index in [-0.39, 0.29) is 30.3 Å². The van der Waals surface area contributed by atoms with Gasteiger partial charge < -0.3 is 30.7 Å². The number of hydrogen-bond acceptors (Lipinski definition) is 6. The summed E-state index contributed by atoms with van der Waals surface area (Å²) < 4.78 is 0. The fraction of sp³-hybridized carbons (Fsp3) is 0.595. The molecule has 4 saturated heterocycles. The molecule has 258 valence electrons. The van der Waals surface area contributed by atoms with Crippen molar-refractivity contribution in [3.63, 3.8) is 0 Å². The van der Waals surface area contributed by atoms with E-state index in [0.29, 0.717) is 80.8 Å². The molecule has 0 saturated carbocycles. The molecular formula is C37H50ClN7O3. The first kappa shape index (κ1) is 33.2. The lowest BCUT2D eigenvalue weighted by Gasteiger charge is -2.45. The van der Waals surface area contributed by atoms with Crippen molar-refractivity contribution in [3.8, 4) is 0 Å². The van der Waals surface area contributed by atoms with Crippen LogP contribution in [0, 0.1) is 12.8 Å². The number of urea groups is 1. The fourth-order valence-electron chi connectivity index (χ4n) is 9.01. The van der Waals surface area contributed by atoms with Crippen molar-refractivity contribution in [3.05, 3.63) is 58.1 Å². The maximum Gasteiger partial charge on any atom is 0.322 e. The van der Waals surface area contributed by atoms with Gasteiger partial charge in [-0.15, -0.1) is 0 Å². The maximum absolute atomic E-state index is 14.2. The number of para-hydroxylation sites is 1. The molecule has 5 aliphatic heterocycles. The molecule has 2 aromatic carbocycles. The van der Waals surface area contributed by atoms with Crippen molar-refractivity contribution >= 4 is 40.8 Å². The molecule has 2 unspecified atom stereocenters. The minimum Gasteiger partial charge on any atom is -0.397 e. The predicted molar refractivity (Wildman–Crippen MR) is 189 cm³/mol. The summed E-state index contributed by atoms with van der Waals surface area (Å²) in [6.07, 6.45) is 7.08. The highest BCUT2D eigenvalue weighted by Gasteiger charge is 2.42. The van der Waals surface area contributed by atoms with Gasteiger partial charge in [0.05, 0.1) is 16.6 Å². The lowest BCUT2D eigenvalue weighted by molar-refractivity contribution is -0.143. The summed E-state index contributed by atoms with van der Waals surface area (Å²) in [6, 6.07) is 13.7. The monoisotopic (exact) mass is 675 g/mol. The number of amides is 4. The first-order valence-corrected chi connectivity index (χ1v) is 18.2. The molecule has 2 bridgehead atoms. The number of anilines is 2. The SMILES string of the molecule is Cc1cc(C[C@@H](CC(=O)N2CCC(N3Cc4ccccc4NC3=O)CC2)C(=O)N2CCN(C3CC4CCC(C3)N4C)CC2)cc(Cl)c1N. The van der Waals surface area contributed by atoms with Crippen LogP contribution in [0.4, 0.5) is 16.2 Å². The Kier molecular flexibility index (Phi) is 9.59. The van der Waals surface area contributed by atoms with Gasteiger partial charge in [0.2, 0.25) is 11.8 Å². The summed E-state index contributed by atoms with van der Waals surface area (Å²) in [6.45, 7) is 6.79. The van der Waals surface area contributed by atoms with Crippen LogP contribution in [0.5, 0.6) is 0 Å². The predicted octanol–water partition coefficient (Wildman–Crippen LogP) is 4.59. The lowest BCUT2D eigenvalue weighted by Crippen LogP contribution is -2.56. The molecule has 7 rings (SSSR count). The van der Waals surface area contributed by atoms with E-state index in [1.807, 2.05) is 58.0 Å². The first-order chi connectivity index (χ1) is 23.1.